The molecule has 2 aromatic heterocycles. The molecular formula is C18H19BrN2O2S. The van der Waals surface area contributed by atoms with Crippen LogP contribution in [0.2, 0.25) is 0 Å². The molecule has 0 fully saturated rings. The maximum atomic E-state index is 12.6. The van der Waals surface area contributed by atoms with Crippen LogP contribution in [0.4, 0.5) is 0 Å². The highest BCUT2D eigenvalue weighted by Gasteiger charge is 2.20. The Kier molecular flexibility index (Phi) is 4.96. The van der Waals surface area contributed by atoms with Crippen LogP contribution in [0.15, 0.2) is 40.2 Å². The number of benzene rings is 1. The van der Waals surface area contributed by atoms with Crippen molar-refractivity contribution >= 4 is 43.4 Å². The molecule has 1 aromatic carbocycles. The van der Waals surface area contributed by atoms with Gasteiger partial charge < -0.3 is 14.6 Å². The maximum absolute atomic E-state index is 12.6. The van der Waals surface area contributed by atoms with Crippen LogP contribution in [-0.2, 0) is 6.54 Å². The second-order valence-corrected chi connectivity index (χ2v) is 7.62. The Bertz CT molecular complexity index is 882. The summed E-state index contributed by atoms with van der Waals surface area (Å²) in [5.74, 6) is 0.760. The van der Waals surface area contributed by atoms with Crippen molar-refractivity contribution in [1.82, 2.24) is 9.88 Å². The zero-order chi connectivity index (χ0) is 17.3. The average molecular weight is 407 g/mol. The number of carbonyl (C=O) groups excluding carboxylic acids is 1. The Labute approximate surface area is 153 Å². The Balaban J connectivity index is 2.10. The highest BCUT2D eigenvalue weighted by atomic mass is 79.9. The third-order valence-corrected chi connectivity index (χ3v) is 5.58. The number of rotatable bonds is 5. The number of nitrogens with zero attached hydrogens (tertiary/aromatic N) is 1. The molecule has 3 aromatic rings. The molecule has 4 nitrogen and oxygen atoms in total. The van der Waals surface area contributed by atoms with E-state index in [1.165, 1.54) is 0 Å². The summed E-state index contributed by atoms with van der Waals surface area (Å²) in [7, 11) is 1.66. The van der Waals surface area contributed by atoms with Crippen molar-refractivity contribution < 1.29 is 9.53 Å². The topological polar surface area (TPSA) is 43.3 Å². The number of halogens is 1. The van der Waals surface area contributed by atoms with E-state index in [1.54, 1.807) is 18.4 Å². The largest absolute Gasteiger partial charge is 0.496 e. The van der Waals surface area contributed by atoms with E-state index in [0.29, 0.717) is 12.2 Å². The molecule has 0 saturated carbocycles. The molecule has 0 radical (unpaired) electrons. The van der Waals surface area contributed by atoms with E-state index < -0.39 is 0 Å². The van der Waals surface area contributed by atoms with Gasteiger partial charge in [-0.3, -0.25) is 4.79 Å². The van der Waals surface area contributed by atoms with E-state index >= 15 is 0 Å². The monoisotopic (exact) mass is 406 g/mol. The van der Waals surface area contributed by atoms with Gasteiger partial charge in [0.15, 0.2) is 0 Å². The van der Waals surface area contributed by atoms with Crippen molar-refractivity contribution in [2.45, 2.75) is 26.4 Å². The van der Waals surface area contributed by atoms with Gasteiger partial charge in [0.05, 0.1) is 28.3 Å². The maximum Gasteiger partial charge on any atom is 0.268 e. The zero-order valence-corrected chi connectivity index (χ0v) is 16.2. The van der Waals surface area contributed by atoms with Gasteiger partial charge in [-0.25, -0.2) is 0 Å². The van der Waals surface area contributed by atoms with Gasteiger partial charge in [-0.05, 0) is 41.9 Å². The fraction of sp³-hybridized carbons (Fsp3) is 0.278. The first-order valence-electron chi connectivity index (χ1n) is 7.70. The standard InChI is InChI=1S/C18H19BrN2O2S/c1-11(2)20-18(22)14-8-16-17(13(19)10-24-16)21(14)9-12-6-4-5-7-15(12)23-3/h4-8,10-11H,9H2,1-3H3,(H,20,22). The molecule has 1 N–H and O–H groups in total. The lowest BCUT2D eigenvalue weighted by atomic mass is 10.2. The van der Waals surface area contributed by atoms with Gasteiger partial charge in [0.25, 0.3) is 5.91 Å². The summed E-state index contributed by atoms with van der Waals surface area (Å²) in [6.07, 6.45) is 0. The molecule has 0 aliphatic rings. The number of hydrogen-bond donors (Lipinski definition) is 1. The van der Waals surface area contributed by atoms with Crippen molar-refractivity contribution in [2.75, 3.05) is 7.11 Å². The van der Waals surface area contributed by atoms with Crippen LogP contribution in [0.5, 0.6) is 5.75 Å². The lowest BCUT2D eigenvalue weighted by Gasteiger charge is -2.14. The summed E-state index contributed by atoms with van der Waals surface area (Å²) in [5, 5.41) is 5.03. The summed E-state index contributed by atoms with van der Waals surface area (Å²) in [6, 6.07) is 9.93. The summed E-state index contributed by atoms with van der Waals surface area (Å²) in [5.41, 5.74) is 2.74. The lowest BCUT2D eigenvalue weighted by molar-refractivity contribution is 0.0934. The third kappa shape index (κ3) is 3.21. The van der Waals surface area contributed by atoms with Gasteiger partial charge in [0.2, 0.25) is 0 Å². The number of nitrogens with one attached hydrogen (secondary N) is 1. The molecule has 0 saturated heterocycles. The van der Waals surface area contributed by atoms with Crippen LogP contribution in [0.1, 0.15) is 29.9 Å². The van der Waals surface area contributed by atoms with Gasteiger partial charge in [0.1, 0.15) is 11.4 Å². The quantitative estimate of drug-likeness (QED) is 0.669. The highest BCUT2D eigenvalue weighted by molar-refractivity contribution is 9.10. The number of thiophene rings is 1. The highest BCUT2D eigenvalue weighted by Crippen LogP contribution is 2.34. The van der Waals surface area contributed by atoms with Crippen LogP contribution in [0, 0.1) is 0 Å². The van der Waals surface area contributed by atoms with E-state index in [-0.39, 0.29) is 11.9 Å². The van der Waals surface area contributed by atoms with Crippen LogP contribution < -0.4 is 10.1 Å². The third-order valence-electron chi connectivity index (χ3n) is 3.75. The Morgan fingerprint density at radius 3 is 2.83 bits per heavy atom. The van der Waals surface area contributed by atoms with Crippen LogP contribution in [0.3, 0.4) is 0 Å². The second kappa shape index (κ2) is 6.99. The first-order chi connectivity index (χ1) is 11.5. The van der Waals surface area contributed by atoms with Gasteiger partial charge in [-0.2, -0.15) is 0 Å². The Hall–Kier alpha value is -1.79. The van der Waals surface area contributed by atoms with Gasteiger partial charge >= 0.3 is 0 Å². The lowest BCUT2D eigenvalue weighted by Crippen LogP contribution is -2.31. The molecule has 6 heteroatoms. The molecule has 0 aliphatic carbocycles. The number of ether oxygens (including phenoxy) is 1. The smallest absolute Gasteiger partial charge is 0.268 e. The van der Waals surface area contributed by atoms with Crippen molar-refractivity contribution in [3.63, 3.8) is 0 Å². The molecule has 0 unspecified atom stereocenters. The number of carbonyl (C=O) groups is 1. The molecule has 0 spiro atoms. The average Bonchev–Trinajstić information content (AvgIpc) is 3.08. The summed E-state index contributed by atoms with van der Waals surface area (Å²) >= 11 is 5.23. The van der Waals surface area contributed by atoms with Crippen molar-refractivity contribution in [3.05, 3.63) is 51.4 Å². The second-order valence-electron chi connectivity index (χ2n) is 5.85. The number of aromatic nitrogens is 1. The van der Waals surface area contributed by atoms with Crippen molar-refractivity contribution in [3.8, 4) is 5.75 Å². The number of para-hydroxylation sites is 1. The minimum absolute atomic E-state index is 0.0600. The van der Waals surface area contributed by atoms with Gasteiger partial charge in [0, 0.05) is 17.0 Å². The molecule has 0 bridgehead atoms. The number of methoxy groups -OCH3 is 1. The van der Waals surface area contributed by atoms with E-state index in [9.17, 15) is 4.79 Å². The summed E-state index contributed by atoms with van der Waals surface area (Å²) in [4.78, 5) is 12.6. The van der Waals surface area contributed by atoms with E-state index in [2.05, 4.69) is 21.2 Å². The molecule has 1 amide bonds. The predicted molar refractivity (Wildman–Crippen MR) is 102 cm³/mol. The molecule has 126 valence electrons. The van der Waals surface area contributed by atoms with Crippen LogP contribution in [-0.4, -0.2) is 23.6 Å². The van der Waals surface area contributed by atoms with E-state index in [1.807, 2.05) is 54.1 Å². The number of hydrogen-bond acceptors (Lipinski definition) is 3. The molecule has 24 heavy (non-hydrogen) atoms. The van der Waals surface area contributed by atoms with Crippen LogP contribution >= 0.6 is 27.3 Å². The fourth-order valence-electron chi connectivity index (χ4n) is 2.72. The number of amides is 1. The molecule has 0 atom stereocenters. The van der Waals surface area contributed by atoms with Crippen molar-refractivity contribution in [1.29, 1.82) is 0 Å². The fourth-order valence-corrected chi connectivity index (χ4v) is 4.42. The molecule has 3 rings (SSSR count). The molecule has 2 heterocycles. The summed E-state index contributed by atoms with van der Waals surface area (Å²) < 4.78 is 9.60. The Morgan fingerprint density at radius 1 is 1.38 bits per heavy atom. The first kappa shape index (κ1) is 17.0. The van der Waals surface area contributed by atoms with Gasteiger partial charge in [-0.15, -0.1) is 11.3 Å². The first-order valence-corrected chi connectivity index (χ1v) is 9.37. The normalized spacial score (nSPS) is 11.2. The van der Waals surface area contributed by atoms with E-state index in [0.717, 1.165) is 26.0 Å². The van der Waals surface area contributed by atoms with Crippen LogP contribution in [0.25, 0.3) is 10.2 Å². The van der Waals surface area contributed by atoms with Crippen molar-refractivity contribution in [2.24, 2.45) is 0 Å². The van der Waals surface area contributed by atoms with Gasteiger partial charge in [-0.1, -0.05) is 18.2 Å². The van der Waals surface area contributed by atoms with E-state index in [4.69, 9.17) is 4.74 Å². The molecular weight excluding hydrogens is 388 g/mol. The number of fused-ring (bicyclic) bond motifs is 1. The predicted octanol–water partition coefficient (Wildman–Crippen LogP) is 4.66. The zero-order valence-electron chi connectivity index (χ0n) is 13.8. The minimum Gasteiger partial charge on any atom is -0.496 e. The summed E-state index contributed by atoms with van der Waals surface area (Å²) in [6.45, 7) is 4.50. The Morgan fingerprint density at radius 2 is 2.12 bits per heavy atom. The minimum atomic E-state index is -0.0600. The molecule has 0 aliphatic heterocycles. The SMILES string of the molecule is COc1ccccc1Cn1c(C(=O)NC(C)C)cc2scc(Br)c21.